The molecule has 0 saturated carbocycles. The van der Waals surface area contributed by atoms with Gasteiger partial charge in [-0.05, 0) is 36.6 Å². The molecule has 15 heavy (non-hydrogen) atoms. The number of ether oxygens (including phenoxy) is 1. The molecule has 0 saturated heterocycles. The van der Waals surface area contributed by atoms with Gasteiger partial charge in [0, 0.05) is 6.42 Å². The van der Waals surface area contributed by atoms with Crippen LogP contribution in [0.15, 0.2) is 12.1 Å². The van der Waals surface area contributed by atoms with Crippen LogP contribution in [0.2, 0.25) is 0 Å². The number of nitrogens with two attached hydrogens (primary N) is 2. The van der Waals surface area contributed by atoms with Crippen LogP contribution in [0.25, 0.3) is 0 Å². The fourth-order valence-corrected chi connectivity index (χ4v) is 1.40. The van der Waals surface area contributed by atoms with Crippen LogP contribution in [0.1, 0.15) is 17.5 Å². The van der Waals surface area contributed by atoms with E-state index < -0.39 is 0 Å². The number of hydrogen-bond donors (Lipinski definition) is 2. The molecule has 0 aliphatic heterocycles. The lowest BCUT2D eigenvalue weighted by Crippen LogP contribution is -2.04. The standard InChI is InChI=1S/C11H16N2O2/c1-7-5-9(12)10(13)6-8(7)3-4-11(14)15-2/h5-6H,3-4,12-13H2,1-2H3. The highest BCUT2D eigenvalue weighted by Gasteiger charge is 2.06. The quantitative estimate of drug-likeness (QED) is 0.579. The van der Waals surface area contributed by atoms with E-state index in [2.05, 4.69) is 4.74 Å². The first-order chi connectivity index (χ1) is 7.04. The Balaban J connectivity index is 2.77. The third-order valence-corrected chi connectivity index (χ3v) is 2.37. The SMILES string of the molecule is COC(=O)CCc1cc(N)c(N)cc1C. The number of carbonyl (C=O) groups excluding carboxylic acids is 1. The minimum Gasteiger partial charge on any atom is -0.469 e. The third-order valence-electron chi connectivity index (χ3n) is 2.37. The number of rotatable bonds is 3. The summed E-state index contributed by atoms with van der Waals surface area (Å²) in [6, 6.07) is 3.63. The highest BCUT2D eigenvalue weighted by atomic mass is 16.5. The van der Waals surface area contributed by atoms with Crippen LogP contribution in [-0.2, 0) is 16.0 Å². The van der Waals surface area contributed by atoms with Gasteiger partial charge in [-0.1, -0.05) is 0 Å². The Kier molecular flexibility index (Phi) is 3.55. The van der Waals surface area contributed by atoms with E-state index in [9.17, 15) is 4.79 Å². The van der Waals surface area contributed by atoms with E-state index in [0.717, 1.165) is 11.1 Å². The Bertz CT molecular complexity index is 375. The van der Waals surface area contributed by atoms with Gasteiger partial charge in [0.15, 0.2) is 0 Å². The van der Waals surface area contributed by atoms with E-state index in [4.69, 9.17) is 11.5 Å². The zero-order valence-electron chi connectivity index (χ0n) is 9.04. The molecule has 0 spiro atoms. The van der Waals surface area contributed by atoms with E-state index in [1.807, 2.05) is 19.1 Å². The summed E-state index contributed by atoms with van der Waals surface area (Å²) in [5.74, 6) is -0.218. The molecule has 1 aromatic carbocycles. The fourth-order valence-electron chi connectivity index (χ4n) is 1.40. The molecule has 0 radical (unpaired) electrons. The summed E-state index contributed by atoms with van der Waals surface area (Å²) in [5.41, 5.74) is 14.6. The molecule has 0 amide bonds. The lowest BCUT2D eigenvalue weighted by atomic mass is 10.0. The maximum absolute atomic E-state index is 11.0. The highest BCUT2D eigenvalue weighted by Crippen LogP contribution is 2.21. The maximum Gasteiger partial charge on any atom is 0.305 e. The topological polar surface area (TPSA) is 78.3 Å². The molecule has 1 aromatic rings. The summed E-state index contributed by atoms with van der Waals surface area (Å²) >= 11 is 0. The van der Waals surface area contributed by atoms with Gasteiger partial charge in [0.1, 0.15) is 0 Å². The molecule has 0 aromatic heterocycles. The number of methoxy groups -OCH3 is 1. The van der Waals surface area contributed by atoms with Crippen molar-refractivity contribution in [1.29, 1.82) is 0 Å². The van der Waals surface area contributed by atoms with Crippen LogP contribution in [0.4, 0.5) is 11.4 Å². The smallest absolute Gasteiger partial charge is 0.305 e. The van der Waals surface area contributed by atoms with Crippen molar-refractivity contribution in [3.05, 3.63) is 23.3 Å². The second kappa shape index (κ2) is 4.68. The molecule has 0 aliphatic carbocycles. The first-order valence-electron chi connectivity index (χ1n) is 4.76. The molecule has 4 N–H and O–H groups in total. The molecular weight excluding hydrogens is 192 g/mol. The van der Waals surface area contributed by atoms with Gasteiger partial charge >= 0.3 is 5.97 Å². The average molecular weight is 208 g/mol. The van der Waals surface area contributed by atoms with Gasteiger partial charge in [0.25, 0.3) is 0 Å². The van der Waals surface area contributed by atoms with Crippen molar-refractivity contribution in [2.45, 2.75) is 19.8 Å². The zero-order valence-corrected chi connectivity index (χ0v) is 9.04. The highest BCUT2D eigenvalue weighted by molar-refractivity contribution is 5.70. The van der Waals surface area contributed by atoms with E-state index in [0.29, 0.717) is 24.2 Å². The van der Waals surface area contributed by atoms with Gasteiger partial charge in [-0.15, -0.1) is 0 Å². The summed E-state index contributed by atoms with van der Waals surface area (Å²) < 4.78 is 4.57. The lowest BCUT2D eigenvalue weighted by Gasteiger charge is -2.08. The van der Waals surface area contributed by atoms with Crippen molar-refractivity contribution in [3.63, 3.8) is 0 Å². The predicted molar refractivity (Wildman–Crippen MR) is 60.3 cm³/mol. The number of anilines is 2. The van der Waals surface area contributed by atoms with Crippen LogP contribution >= 0.6 is 0 Å². The number of carbonyl (C=O) groups is 1. The minimum atomic E-state index is -0.218. The van der Waals surface area contributed by atoms with Crippen LogP contribution in [0.3, 0.4) is 0 Å². The number of nitrogen functional groups attached to an aromatic ring is 2. The molecule has 82 valence electrons. The molecule has 4 heteroatoms. The monoisotopic (exact) mass is 208 g/mol. The van der Waals surface area contributed by atoms with Gasteiger partial charge in [-0.25, -0.2) is 0 Å². The van der Waals surface area contributed by atoms with Crippen molar-refractivity contribution >= 4 is 17.3 Å². The first-order valence-corrected chi connectivity index (χ1v) is 4.76. The van der Waals surface area contributed by atoms with E-state index in [1.54, 1.807) is 0 Å². The molecular formula is C11H16N2O2. The summed E-state index contributed by atoms with van der Waals surface area (Å²) in [4.78, 5) is 11.0. The van der Waals surface area contributed by atoms with Gasteiger partial charge in [0.05, 0.1) is 18.5 Å². The summed E-state index contributed by atoms with van der Waals surface area (Å²) in [7, 11) is 1.38. The van der Waals surface area contributed by atoms with E-state index in [-0.39, 0.29) is 5.97 Å². The molecule has 0 atom stereocenters. The largest absolute Gasteiger partial charge is 0.469 e. The van der Waals surface area contributed by atoms with Crippen LogP contribution in [0, 0.1) is 6.92 Å². The molecule has 0 unspecified atom stereocenters. The number of aryl methyl sites for hydroxylation is 2. The van der Waals surface area contributed by atoms with Gasteiger partial charge in [0.2, 0.25) is 0 Å². The summed E-state index contributed by atoms with van der Waals surface area (Å²) in [5, 5.41) is 0. The average Bonchev–Trinajstić information content (AvgIpc) is 2.21. The van der Waals surface area contributed by atoms with Crippen molar-refractivity contribution in [1.82, 2.24) is 0 Å². The van der Waals surface area contributed by atoms with Crippen LogP contribution < -0.4 is 11.5 Å². The van der Waals surface area contributed by atoms with Crippen LogP contribution in [-0.4, -0.2) is 13.1 Å². The lowest BCUT2D eigenvalue weighted by molar-refractivity contribution is -0.140. The number of esters is 1. The molecule has 0 aliphatic rings. The Morgan fingerprint density at radius 3 is 2.53 bits per heavy atom. The fraction of sp³-hybridized carbons (Fsp3) is 0.364. The predicted octanol–water partition coefficient (Wildman–Crippen LogP) is 1.27. The van der Waals surface area contributed by atoms with Gasteiger partial charge in [-0.2, -0.15) is 0 Å². The van der Waals surface area contributed by atoms with Crippen molar-refractivity contribution in [3.8, 4) is 0 Å². The third kappa shape index (κ3) is 2.87. The molecule has 0 fully saturated rings. The summed E-state index contributed by atoms with van der Waals surface area (Å²) in [6.07, 6.45) is 0.990. The Morgan fingerprint density at radius 2 is 1.93 bits per heavy atom. The Labute approximate surface area is 89.2 Å². The number of hydrogen-bond acceptors (Lipinski definition) is 4. The van der Waals surface area contributed by atoms with Crippen molar-refractivity contribution in [2.75, 3.05) is 18.6 Å². The Hall–Kier alpha value is -1.71. The normalized spacial score (nSPS) is 10.0. The van der Waals surface area contributed by atoms with Crippen molar-refractivity contribution in [2.24, 2.45) is 0 Å². The molecule has 0 heterocycles. The van der Waals surface area contributed by atoms with Crippen LogP contribution in [0.5, 0.6) is 0 Å². The second-order valence-electron chi connectivity index (χ2n) is 3.48. The van der Waals surface area contributed by atoms with E-state index in [1.165, 1.54) is 7.11 Å². The van der Waals surface area contributed by atoms with Crippen molar-refractivity contribution < 1.29 is 9.53 Å². The Morgan fingerprint density at radius 1 is 1.33 bits per heavy atom. The molecule has 0 bridgehead atoms. The zero-order chi connectivity index (χ0) is 11.4. The van der Waals surface area contributed by atoms with Gasteiger partial charge in [-0.3, -0.25) is 4.79 Å². The first kappa shape index (κ1) is 11.4. The summed E-state index contributed by atoms with van der Waals surface area (Å²) in [6.45, 7) is 1.95. The second-order valence-corrected chi connectivity index (χ2v) is 3.48. The number of benzene rings is 1. The molecule has 1 rings (SSSR count). The van der Waals surface area contributed by atoms with E-state index >= 15 is 0 Å². The van der Waals surface area contributed by atoms with Gasteiger partial charge < -0.3 is 16.2 Å². The maximum atomic E-state index is 11.0. The molecule has 4 nitrogen and oxygen atoms in total. The minimum absolute atomic E-state index is 0.218.